The quantitative estimate of drug-likeness (QED) is 0.780. The van der Waals surface area contributed by atoms with E-state index in [0.29, 0.717) is 13.0 Å². The Morgan fingerprint density at radius 1 is 1.04 bits per heavy atom. The lowest BCUT2D eigenvalue weighted by molar-refractivity contribution is -0.296. The van der Waals surface area contributed by atoms with Gasteiger partial charge in [-0.25, -0.2) is 0 Å². The van der Waals surface area contributed by atoms with Crippen molar-refractivity contribution in [2.45, 2.75) is 101 Å². The Labute approximate surface area is 137 Å². The van der Waals surface area contributed by atoms with Crippen molar-refractivity contribution >= 4 is 0 Å². The summed E-state index contributed by atoms with van der Waals surface area (Å²) in [6, 6.07) is 0. The largest absolute Gasteiger partial charge is 0.384 e. The number of fused-ring (bicyclic) bond motifs is 6. The molecule has 0 aromatic heterocycles. The van der Waals surface area contributed by atoms with Crippen molar-refractivity contribution in [1.82, 2.24) is 0 Å². The monoisotopic (exact) mass is 328 g/mol. The van der Waals surface area contributed by atoms with E-state index in [9.17, 15) is 5.11 Å². The molecule has 0 radical (unpaired) electrons. The zero-order chi connectivity index (χ0) is 16.3. The molecule has 4 fully saturated rings. The Morgan fingerprint density at radius 3 is 2.65 bits per heavy atom. The lowest BCUT2D eigenvalue weighted by Gasteiger charge is -2.44. The van der Waals surface area contributed by atoms with Crippen molar-refractivity contribution in [3.05, 3.63) is 0 Å². The van der Waals surface area contributed by atoms with Crippen LogP contribution >= 0.6 is 0 Å². The molecule has 4 aliphatic heterocycles. The highest BCUT2D eigenvalue weighted by atomic mass is 16.8. The number of rotatable bonds is 5. The van der Waals surface area contributed by atoms with E-state index in [1.54, 1.807) is 0 Å². The van der Waals surface area contributed by atoms with Crippen LogP contribution in [-0.4, -0.2) is 53.5 Å². The van der Waals surface area contributed by atoms with E-state index in [2.05, 4.69) is 6.92 Å². The van der Waals surface area contributed by atoms with Crippen molar-refractivity contribution in [1.29, 1.82) is 0 Å². The summed E-state index contributed by atoms with van der Waals surface area (Å²) in [7, 11) is 0. The molecule has 0 aromatic carbocycles. The summed E-state index contributed by atoms with van der Waals surface area (Å²) < 4.78 is 29.8. The third kappa shape index (κ3) is 2.55. The first kappa shape index (κ1) is 16.2. The molecule has 132 valence electrons. The second-order valence-corrected chi connectivity index (χ2v) is 7.84. The van der Waals surface area contributed by atoms with Crippen molar-refractivity contribution in [3.63, 3.8) is 0 Å². The summed E-state index contributed by atoms with van der Waals surface area (Å²) in [5.74, 6) is -1.43. The van der Waals surface area contributed by atoms with Crippen LogP contribution in [0.25, 0.3) is 0 Å². The minimum atomic E-state index is -1.11. The molecule has 0 aliphatic carbocycles. The molecule has 4 saturated heterocycles. The Bertz CT molecular complexity index is 468. The number of unbranched alkanes of at least 4 members (excludes halogenated alkanes) is 3. The summed E-state index contributed by atoms with van der Waals surface area (Å²) in [5.41, 5.74) is -1.11. The highest BCUT2D eigenvalue weighted by Crippen LogP contribution is 2.54. The van der Waals surface area contributed by atoms with Gasteiger partial charge in [0.25, 0.3) is 0 Å². The molecule has 4 rings (SSSR count). The summed E-state index contributed by atoms with van der Waals surface area (Å²) >= 11 is 0. The summed E-state index contributed by atoms with van der Waals surface area (Å²) in [4.78, 5) is 0. The van der Waals surface area contributed by atoms with Gasteiger partial charge in [-0.2, -0.15) is 0 Å². The molecule has 6 nitrogen and oxygen atoms in total. The van der Waals surface area contributed by atoms with Gasteiger partial charge in [0.15, 0.2) is 17.9 Å². The van der Waals surface area contributed by atoms with Crippen LogP contribution in [-0.2, 0) is 23.7 Å². The van der Waals surface area contributed by atoms with Crippen LogP contribution in [0.3, 0.4) is 0 Å². The number of aliphatic hydroxyl groups is 1. The van der Waals surface area contributed by atoms with E-state index in [-0.39, 0.29) is 6.10 Å². The molecule has 0 saturated carbocycles. The summed E-state index contributed by atoms with van der Waals surface area (Å²) in [6.07, 6.45) is 4.10. The molecule has 4 heterocycles. The fourth-order valence-corrected chi connectivity index (χ4v) is 4.49. The average Bonchev–Trinajstić information content (AvgIpc) is 3.06. The van der Waals surface area contributed by atoms with E-state index in [1.807, 2.05) is 13.8 Å². The zero-order valence-electron chi connectivity index (χ0n) is 14.2. The zero-order valence-corrected chi connectivity index (χ0v) is 14.2. The van der Waals surface area contributed by atoms with Gasteiger partial charge in [0.05, 0.1) is 6.61 Å². The molecule has 4 aliphatic rings. The van der Waals surface area contributed by atoms with Gasteiger partial charge >= 0.3 is 0 Å². The molecular formula is C17H28O6. The number of hydrogen-bond donors (Lipinski definition) is 1. The molecule has 0 aromatic rings. The molecule has 6 atom stereocenters. The second kappa shape index (κ2) is 5.38. The SMILES string of the molecule is CCCCCCC12C[C@@]3(O)[C@H](O[C@@H]4OC(C)(C)O[C@@H]43)[C@@H](CO1)O2. The Hall–Kier alpha value is -0.240. The summed E-state index contributed by atoms with van der Waals surface area (Å²) in [5, 5.41) is 11.4. The van der Waals surface area contributed by atoms with Gasteiger partial charge in [0.2, 0.25) is 0 Å². The van der Waals surface area contributed by atoms with Crippen LogP contribution in [0.1, 0.15) is 59.3 Å². The van der Waals surface area contributed by atoms with E-state index >= 15 is 0 Å². The smallest absolute Gasteiger partial charge is 0.190 e. The molecule has 6 heteroatoms. The predicted octanol–water partition coefficient (Wildman–Crippen LogP) is 2.08. The van der Waals surface area contributed by atoms with Crippen LogP contribution in [0.2, 0.25) is 0 Å². The first-order valence-electron chi connectivity index (χ1n) is 8.93. The lowest BCUT2D eigenvalue weighted by Crippen LogP contribution is -2.61. The highest BCUT2D eigenvalue weighted by molar-refractivity contribution is 5.14. The van der Waals surface area contributed by atoms with Gasteiger partial charge in [-0.1, -0.05) is 26.2 Å². The molecule has 0 amide bonds. The maximum Gasteiger partial charge on any atom is 0.190 e. The maximum atomic E-state index is 11.4. The maximum absolute atomic E-state index is 11.4. The highest BCUT2D eigenvalue weighted by Gasteiger charge is 2.71. The van der Waals surface area contributed by atoms with Crippen LogP contribution in [0, 0.1) is 0 Å². The van der Waals surface area contributed by atoms with Gasteiger partial charge < -0.3 is 28.8 Å². The first-order valence-corrected chi connectivity index (χ1v) is 8.93. The Kier molecular flexibility index (Phi) is 3.80. The van der Waals surface area contributed by atoms with Gasteiger partial charge in [0.1, 0.15) is 23.9 Å². The fraction of sp³-hybridized carbons (Fsp3) is 1.00. The third-order valence-electron chi connectivity index (χ3n) is 5.50. The molecule has 1 unspecified atom stereocenters. The lowest BCUT2D eigenvalue weighted by atomic mass is 9.80. The average molecular weight is 328 g/mol. The summed E-state index contributed by atoms with van der Waals surface area (Å²) in [6.45, 7) is 6.35. The number of ether oxygens (including phenoxy) is 5. The Morgan fingerprint density at radius 2 is 1.87 bits per heavy atom. The van der Waals surface area contributed by atoms with Gasteiger partial charge in [-0.15, -0.1) is 0 Å². The van der Waals surface area contributed by atoms with Crippen LogP contribution in [0.4, 0.5) is 0 Å². The van der Waals surface area contributed by atoms with Crippen LogP contribution < -0.4 is 0 Å². The van der Waals surface area contributed by atoms with Crippen LogP contribution in [0.5, 0.6) is 0 Å². The second-order valence-electron chi connectivity index (χ2n) is 7.84. The van der Waals surface area contributed by atoms with E-state index in [0.717, 1.165) is 19.3 Å². The van der Waals surface area contributed by atoms with Gasteiger partial charge in [-0.05, 0) is 20.3 Å². The Balaban J connectivity index is 1.51. The van der Waals surface area contributed by atoms with Crippen LogP contribution in [0.15, 0.2) is 0 Å². The standard InChI is InChI=1S/C17H28O6/c1-4-5-6-7-8-16-10-17(18)12(11(21-16)9-19-16)20-14-13(17)22-15(2,3)23-14/h11-14,18H,4-10H2,1-3H3/t11-,12-,13+,14-,16?,17-/m1/s1. The number of hydrogen-bond acceptors (Lipinski definition) is 6. The molecule has 0 spiro atoms. The first-order chi connectivity index (χ1) is 10.9. The van der Waals surface area contributed by atoms with Crippen molar-refractivity contribution in [2.24, 2.45) is 0 Å². The van der Waals surface area contributed by atoms with E-state index in [4.69, 9.17) is 23.7 Å². The van der Waals surface area contributed by atoms with E-state index in [1.165, 1.54) is 12.8 Å². The predicted molar refractivity (Wildman–Crippen MR) is 80.6 cm³/mol. The molecule has 2 bridgehead atoms. The minimum Gasteiger partial charge on any atom is -0.384 e. The van der Waals surface area contributed by atoms with Crippen molar-refractivity contribution < 1.29 is 28.8 Å². The minimum absolute atomic E-state index is 0.249. The normalized spacial score (nSPS) is 50.1. The van der Waals surface area contributed by atoms with Crippen molar-refractivity contribution in [2.75, 3.05) is 6.61 Å². The van der Waals surface area contributed by atoms with Gasteiger partial charge in [0, 0.05) is 12.8 Å². The molecular weight excluding hydrogens is 300 g/mol. The molecule has 23 heavy (non-hydrogen) atoms. The fourth-order valence-electron chi connectivity index (χ4n) is 4.49. The van der Waals surface area contributed by atoms with E-state index < -0.39 is 35.7 Å². The topological polar surface area (TPSA) is 66.4 Å². The van der Waals surface area contributed by atoms with Crippen molar-refractivity contribution in [3.8, 4) is 0 Å². The third-order valence-corrected chi connectivity index (χ3v) is 5.50. The van der Waals surface area contributed by atoms with Gasteiger partial charge in [-0.3, -0.25) is 0 Å². The molecule has 1 N–H and O–H groups in total.